The van der Waals surface area contributed by atoms with Crippen molar-refractivity contribution in [1.29, 1.82) is 0 Å². The second kappa shape index (κ2) is 6.17. The highest BCUT2D eigenvalue weighted by atomic mass is 16.5. The number of ether oxygens (including phenoxy) is 1. The molecule has 0 bridgehead atoms. The third kappa shape index (κ3) is 3.18. The molecule has 0 aromatic heterocycles. The van der Waals surface area contributed by atoms with Gasteiger partial charge in [-0.3, -0.25) is 4.79 Å². The molecule has 1 heterocycles. The molecule has 0 unspecified atom stereocenters. The van der Waals surface area contributed by atoms with Crippen molar-refractivity contribution >= 4 is 16.7 Å². The molecular weight excluding hydrogens is 262 g/mol. The molecule has 3 heteroatoms. The van der Waals surface area contributed by atoms with Crippen molar-refractivity contribution in [1.82, 2.24) is 4.90 Å². The number of hydrogen-bond donors (Lipinski definition) is 0. The van der Waals surface area contributed by atoms with Crippen LogP contribution in [0.25, 0.3) is 10.8 Å². The Balaban J connectivity index is 1.65. The van der Waals surface area contributed by atoms with E-state index >= 15 is 0 Å². The Hall–Kier alpha value is -2.03. The highest BCUT2D eigenvalue weighted by molar-refractivity contribution is 5.88. The maximum absolute atomic E-state index is 12.2. The third-order valence-electron chi connectivity index (χ3n) is 4.24. The molecule has 1 aliphatic rings. The van der Waals surface area contributed by atoms with Crippen LogP contribution in [0.2, 0.25) is 0 Å². The third-order valence-corrected chi connectivity index (χ3v) is 4.24. The van der Waals surface area contributed by atoms with E-state index in [1.165, 1.54) is 0 Å². The summed E-state index contributed by atoms with van der Waals surface area (Å²) >= 11 is 0. The van der Waals surface area contributed by atoms with Crippen LogP contribution in [0.5, 0.6) is 5.75 Å². The van der Waals surface area contributed by atoms with Gasteiger partial charge in [0.2, 0.25) is 0 Å². The number of carbonyl (C=O) groups excluding carboxylic acids is 1. The molecule has 110 valence electrons. The van der Waals surface area contributed by atoms with Crippen molar-refractivity contribution in [2.75, 3.05) is 19.7 Å². The summed E-state index contributed by atoms with van der Waals surface area (Å²) in [7, 11) is 0. The van der Waals surface area contributed by atoms with Crippen molar-refractivity contribution in [2.45, 2.75) is 19.8 Å². The molecule has 1 fully saturated rings. The van der Waals surface area contributed by atoms with Gasteiger partial charge in [0.15, 0.2) is 6.61 Å². The number of amides is 1. The fourth-order valence-electron chi connectivity index (χ4n) is 2.81. The van der Waals surface area contributed by atoms with Crippen LogP contribution in [0, 0.1) is 5.92 Å². The Morgan fingerprint density at radius 1 is 1.14 bits per heavy atom. The molecule has 3 nitrogen and oxygen atoms in total. The lowest BCUT2D eigenvalue weighted by atomic mass is 9.99. The van der Waals surface area contributed by atoms with E-state index in [0.29, 0.717) is 0 Å². The number of piperidine rings is 1. The average molecular weight is 283 g/mol. The molecule has 0 N–H and O–H groups in total. The summed E-state index contributed by atoms with van der Waals surface area (Å²) in [5.74, 6) is 1.61. The SMILES string of the molecule is CC1CCN(C(=O)COc2cccc3ccccc23)CC1. The Labute approximate surface area is 125 Å². The zero-order valence-corrected chi connectivity index (χ0v) is 12.4. The molecule has 0 atom stereocenters. The number of benzene rings is 2. The monoisotopic (exact) mass is 283 g/mol. The van der Waals surface area contributed by atoms with Crippen LogP contribution in [0.4, 0.5) is 0 Å². The van der Waals surface area contributed by atoms with Crippen molar-refractivity contribution in [3.8, 4) is 5.75 Å². The molecule has 1 amide bonds. The molecule has 2 aromatic carbocycles. The van der Waals surface area contributed by atoms with Crippen LogP contribution in [-0.2, 0) is 4.79 Å². The number of likely N-dealkylation sites (tertiary alicyclic amines) is 1. The fraction of sp³-hybridized carbons (Fsp3) is 0.389. The smallest absolute Gasteiger partial charge is 0.260 e. The maximum Gasteiger partial charge on any atom is 0.260 e. The minimum Gasteiger partial charge on any atom is -0.483 e. The van der Waals surface area contributed by atoms with E-state index in [0.717, 1.165) is 48.4 Å². The number of carbonyl (C=O) groups is 1. The van der Waals surface area contributed by atoms with Gasteiger partial charge in [0.1, 0.15) is 5.75 Å². The highest BCUT2D eigenvalue weighted by Crippen LogP contribution is 2.25. The fourth-order valence-corrected chi connectivity index (χ4v) is 2.81. The van der Waals surface area contributed by atoms with Crippen LogP contribution in [0.1, 0.15) is 19.8 Å². The number of hydrogen-bond acceptors (Lipinski definition) is 2. The minimum atomic E-state index is 0.0924. The molecule has 0 saturated carbocycles. The van der Waals surface area contributed by atoms with E-state index in [1.54, 1.807) is 0 Å². The lowest BCUT2D eigenvalue weighted by Crippen LogP contribution is -2.40. The number of fused-ring (bicyclic) bond motifs is 1. The zero-order valence-electron chi connectivity index (χ0n) is 12.4. The summed E-state index contributed by atoms with van der Waals surface area (Å²) in [5.41, 5.74) is 0. The summed E-state index contributed by atoms with van der Waals surface area (Å²) < 4.78 is 5.77. The Bertz CT molecular complexity index is 625. The van der Waals surface area contributed by atoms with E-state index in [2.05, 4.69) is 19.1 Å². The van der Waals surface area contributed by atoms with Crippen LogP contribution in [0.3, 0.4) is 0 Å². The van der Waals surface area contributed by atoms with Gasteiger partial charge in [-0.05, 0) is 30.2 Å². The molecule has 21 heavy (non-hydrogen) atoms. The lowest BCUT2D eigenvalue weighted by molar-refractivity contribution is -0.134. The van der Waals surface area contributed by atoms with Gasteiger partial charge in [-0.15, -0.1) is 0 Å². The van der Waals surface area contributed by atoms with Crippen molar-refractivity contribution < 1.29 is 9.53 Å². The quantitative estimate of drug-likeness (QED) is 0.863. The van der Waals surface area contributed by atoms with Gasteiger partial charge >= 0.3 is 0 Å². The van der Waals surface area contributed by atoms with Crippen molar-refractivity contribution in [3.63, 3.8) is 0 Å². The van der Waals surface area contributed by atoms with E-state index in [4.69, 9.17) is 4.74 Å². The van der Waals surface area contributed by atoms with Gasteiger partial charge < -0.3 is 9.64 Å². The molecule has 0 radical (unpaired) electrons. The number of nitrogens with zero attached hydrogens (tertiary/aromatic N) is 1. The summed E-state index contributed by atoms with van der Waals surface area (Å²) in [4.78, 5) is 14.1. The first kappa shape index (κ1) is 13.9. The van der Waals surface area contributed by atoms with Crippen LogP contribution < -0.4 is 4.74 Å². The Morgan fingerprint density at radius 3 is 2.67 bits per heavy atom. The van der Waals surface area contributed by atoms with Crippen LogP contribution in [-0.4, -0.2) is 30.5 Å². The minimum absolute atomic E-state index is 0.0924. The molecular formula is C18H21NO2. The maximum atomic E-state index is 12.2. The molecule has 3 rings (SSSR count). The van der Waals surface area contributed by atoms with Gasteiger partial charge in [0, 0.05) is 18.5 Å². The van der Waals surface area contributed by atoms with Gasteiger partial charge in [-0.1, -0.05) is 43.3 Å². The van der Waals surface area contributed by atoms with Crippen molar-refractivity contribution in [3.05, 3.63) is 42.5 Å². The second-order valence-corrected chi connectivity index (χ2v) is 5.83. The van der Waals surface area contributed by atoms with E-state index in [-0.39, 0.29) is 12.5 Å². The standard InChI is InChI=1S/C18H21NO2/c1-14-9-11-19(12-10-14)18(20)13-21-17-8-4-6-15-5-2-3-7-16(15)17/h2-8,14H,9-13H2,1H3. The molecule has 1 saturated heterocycles. The van der Waals surface area contributed by atoms with Gasteiger partial charge in [-0.2, -0.15) is 0 Å². The predicted octanol–water partition coefficient (Wildman–Crippen LogP) is 3.48. The second-order valence-electron chi connectivity index (χ2n) is 5.83. The summed E-state index contributed by atoms with van der Waals surface area (Å²) in [5, 5.41) is 2.19. The Morgan fingerprint density at radius 2 is 1.86 bits per heavy atom. The largest absolute Gasteiger partial charge is 0.483 e. The topological polar surface area (TPSA) is 29.5 Å². The van der Waals surface area contributed by atoms with Crippen LogP contribution in [0.15, 0.2) is 42.5 Å². The number of rotatable bonds is 3. The molecule has 0 aliphatic carbocycles. The van der Waals surface area contributed by atoms with E-state index in [9.17, 15) is 4.79 Å². The van der Waals surface area contributed by atoms with Crippen molar-refractivity contribution in [2.24, 2.45) is 5.92 Å². The van der Waals surface area contributed by atoms with Gasteiger partial charge in [0.25, 0.3) is 5.91 Å². The van der Waals surface area contributed by atoms with Gasteiger partial charge in [-0.25, -0.2) is 0 Å². The summed E-state index contributed by atoms with van der Waals surface area (Å²) in [6.07, 6.45) is 2.19. The summed E-state index contributed by atoms with van der Waals surface area (Å²) in [6.45, 7) is 4.09. The Kier molecular flexibility index (Phi) is 4.09. The van der Waals surface area contributed by atoms with Crippen LogP contribution >= 0.6 is 0 Å². The van der Waals surface area contributed by atoms with Gasteiger partial charge in [0.05, 0.1) is 0 Å². The zero-order chi connectivity index (χ0) is 14.7. The first-order valence-corrected chi connectivity index (χ1v) is 7.62. The first-order chi connectivity index (χ1) is 10.2. The lowest BCUT2D eigenvalue weighted by Gasteiger charge is -2.30. The predicted molar refractivity (Wildman–Crippen MR) is 84.4 cm³/mol. The molecule has 1 aliphatic heterocycles. The normalized spacial score (nSPS) is 16.1. The average Bonchev–Trinajstić information content (AvgIpc) is 2.53. The van der Waals surface area contributed by atoms with E-state index in [1.807, 2.05) is 35.2 Å². The van der Waals surface area contributed by atoms with E-state index < -0.39 is 0 Å². The first-order valence-electron chi connectivity index (χ1n) is 7.62. The summed E-state index contributed by atoms with van der Waals surface area (Å²) in [6, 6.07) is 14.0. The molecule has 2 aromatic rings. The molecule has 0 spiro atoms. The highest BCUT2D eigenvalue weighted by Gasteiger charge is 2.20.